The standard InChI is InChI=1S/C14H11BN2O2/c18-15(19)13-5-3-10(4-6-13)11-1-2-12-8-16-9-17-14(12)7-11/h1-9,18-19H. The van der Waals surface area contributed by atoms with Gasteiger partial charge < -0.3 is 10.0 Å². The molecule has 19 heavy (non-hydrogen) atoms. The van der Waals surface area contributed by atoms with Crippen LogP contribution < -0.4 is 5.46 Å². The normalized spacial score (nSPS) is 10.6. The van der Waals surface area contributed by atoms with Crippen LogP contribution in [-0.4, -0.2) is 27.1 Å². The van der Waals surface area contributed by atoms with Crippen molar-refractivity contribution >= 4 is 23.5 Å². The van der Waals surface area contributed by atoms with Crippen LogP contribution in [0.1, 0.15) is 0 Å². The minimum absolute atomic E-state index is 0.479. The molecule has 2 N–H and O–H groups in total. The van der Waals surface area contributed by atoms with Crippen molar-refractivity contribution in [1.82, 2.24) is 9.97 Å². The maximum atomic E-state index is 9.07. The fourth-order valence-electron chi connectivity index (χ4n) is 2.00. The van der Waals surface area contributed by atoms with Crippen LogP contribution >= 0.6 is 0 Å². The Morgan fingerprint density at radius 1 is 0.895 bits per heavy atom. The number of rotatable bonds is 2. The van der Waals surface area contributed by atoms with Crippen LogP contribution in [0.3, 0.4) is 0 Å². The number of fused-ring (bicyclic) bond motifs is 1. The third kappa shape index (κ3) is 2.34. The molecule has 1 aromatic heterocycles. The molecule has 0 bridgehead atoms. The predicted octanol–water partition coefficient (Wildman–Crippen LogP) is 0.977. The molecular formula is C14H11BN2O2. The van der Waals surface area contributed by atoms with E-state index in [1.165, 1.54) is 6.33 Å². The second-order valence-electron chi connectivity index (χ2n) is 4.29. The molecule has 3 rings (SSSR count). The van der Waals surface area contributed by atoms with Crippen molar-refractivity contribution in [3.05, 3.63) is 55.0 Å². The van der Waals surface area contributed by atoms with Gasteiger partial charge >= 0.3 is 7.12 Å². The molecule has 3 aromatic rings. The Balaban J connectivity index is 2.03. The summed E-state index contributed by atoms with van der Waals surface area (Å²) in [6.07, 6.45) is 3.30. The van der Waals surface area contributed by atoms with E-state index in [4.69, 9.17) is 10.0 Å². The molecule has 0 fully saturated rings. The van der Waals surface area contributed by atoms with Gasteiger partial charge in [0.2, 0.25) is 0 Å². The smallest absolute Gasteiger partial charge is 0.423 e. The average molecular weight is 250 g/mol. The molecule has 4 nitrogen and oxygen atoms in total. The first-order valence-corrected chi connectivity index (χ1v) is 5.90. The average Bonchev–Trinajstić information content (AvgIpc) is 2.47. The van der Waals surface area contributed by atoms with E-state index >= 15 is 0 Å². The van der Waals surface area contributed by atoms with Crippen LogP contribution in [0.2, 0.25) is 0 Å². The maximum absolute atomic E-state index is 9.07. The molecule has 2 aromatic carbocycles. The zero-order chi connectivity index (χ0) is 13.2. The van der Waals surface area contributed by atoms with Crippen molar-refractivity contribution in [3.8, 4) is 11.1 Å². The minimum Gasteiger partial charge on any atom is -0.423 e. The summed E-state index contributed by atoms with van der Waals surface area (Å²) in [6, 6.07) is 13.1. The summed E-state index contributed by atoms with van der Waals surface area (Å²) in [7, 11) is -1.43. The van der Waals surface area contributed by atoms with Crippen molar-refractivity contribution in [3.63, 3.8) is 0 Å². The quantitative estimate of drug-likeness (QED) is 0.665. The molecule has 0 atom stereocenters. The summed E-state index contributed by atoms with van der Waals surface area (Å²) < 4.78 is 0. The van der Waals surface area contributed by atoms with E-state index in [-0.39, 0.29) is 0 Å². The molecule has 0 aliphatic carbocycles. The highest BCUT2D eigenvalue weighted by Gasteiger charge is 2.10. The van der Waals surface area contributed by atoms with E-state index in [9.17, 15) is 0 Å². The van der Waals surface area contributed by atoms with E-state index in [1.807, 2.05) is 30.3 Å². The second-order valence-corrected chi connectivity index (χ2v) is 4.29. The summed E-state index contributed by atoms with van der Waals surface area (Å²) in [4.78, 5) is 8.20. The predicted molar refractivity (Wildman–Crippen MR) is 74.8 cm³/mol. The van der Waals surface area contributed by atoms with Crippen molar-refractivity contribution in [2.24, 2.45) is 0 Å². The van der Waals surface area contributed by atoms with Crippen molar-refractivity contribution in [2.45, 2.75) is 0 Å². The minimum atomic E-state index is -1.43. The number of nitrogens with zero attached hydrogens (tertiary/aromatic N) is 2. The lowest BCUT2D eigenvalue weighted by Gasteiger charge is -2.05. The highest BCUT2D eigenvalue weighted by atomic mass is 16.4. The lowest BCUT2D eigenvalue weighted by molar-refractivity contribution is 0.426. The van der Waals surface area contributed by atoms with E-state index in [0.717, 1.165) is 22.0 Å². The van der Waals surface area contributed by atoms with Crippen LogP contribution in [0.25, 0.3) is 22.0 Å². The molecule has 0 radical (unpaired) electrons. The van der Waals surface area contributed by atoms with Crippen molar-refractivity contribution in [1.29, 1.82) is 0 Å². The maximum Gasteiger partial charge on any atom is 0.488 e. The van der Waals surface area contributed by atoms with Gasteiger partial charge in [-0.15, -0.1) is 0 Å². The summed E-state index contributed by atoms with van der Waals surface area (Å²) in [5.74, 6) is 0. The summed E-state index contributed by atoms with van der Waals surface area (Å²) in [6.45, 7) is 0. The fourth-order valence-corrected chi connectivity index (χ4v) is 2.00. The van der Waals surface area contributed by atoms with Gasteiger partial charge in [0, 0.05) is 11.6 Å². The van der Waals surface area contributed by atoms with Gasteiger partial charge in [0.1, 0.15) is 6.33 Å². The van der Waals surface area contributed by atoms with Crippen LogP contribution in [0.15, 0.2) is 55.0 Å². The van der Waals surface area contributed by atoms with Gasteiger partial charge in [-0.05, 0) is 22.7 Å². The van der Waals surface area contributed by atoms with Crippen LogP contribution in [0.5, 0.6) is 0 Å². The molecule has 92 valence electrons. The van der Waals surface area contributed by atoms with Crippen LogP contribution in [0, 0.1) is 0 Å². The zero-order valence-corrected chi connectivity index (χ0v) is 10.1. The van der Waals surface area contributed by atoms with E-state index in [0.29, 0.717) is 5.46 Å². The molecular weight excluding hydrogens is 239 g/mol. The zero-order valence-electron chi connectivity index (χ0n) is 10.1. The molecule has 0 spiro atoms. The highest BCUT2D eigenvalue weighted by molar-refractivity contribution is 6.58. The van der Waals surface area contributed by atoms with Gasteiger partial charge in [-0.1, -0.05) is 36.4 Å². The molecule has 0 amide bonds. The summed E-state index contributed by atoms with van der Waals surface area (Å²) in [5, 5.41) is 19.1. The lowest BCUT2D eigenvalue weighted by Crippen LogP contribution is -2.29. The van der Waals surface area contributed by atoms with E-state index < -0.39 is 7.12 Å². The number of aromatic nitrogens is 2. The molecule has 0 aliphatic heterocycles. The fraction of sp³-hybridized carbons (Fsp3) is 0. The lowest BCUT2D eigenvalue weighted by atomic mass is 9.80. The number of benzene rings is 2. The molecule has 5 heteroatoms. The summed E-state index contributed by atoms with van der Waals surface area (Å²) in [5.41, 5.74) is 3.40. The Morgan fingerprint density at radius 2 is 1.63 bits per heavy atom. The largest absolute Gasteiger partial charge is 0.488 e. The van der Waals surface area contributed by atoms with Crippen LogP contribution in [0.4, 0.5) is 0 Å². The Bertz CT molecular complexity index is 714. The highest BCUT2D eigenvalue weighted by Crippen LogP contribution is 2.22. The topological polar surface area (TPSA) is 66.2 Å². The van der Waals surface area contributed by atoms with Crippen molar-refractivity contribution in [2.75, 3.05) is 0 Å². The third-order valence-electron chi connectivity index (χ3n) is 3.05. The first-order chi connectivity index (χ1) is 9.24. The van der Waals surface area contributed by atoms with Gasteiger partial charge in [0.15, 0.2) is 0 Å². The van der Waals surface area contributed by atoms with Gasteiger partial charge in [0.05, 0.1) is 5.52 Å². The van der Waals surface area contributed by atoms with Crippen molar-refractivity contribution < 1.29 is 10.0 Å². The Labute approximate surface area is 110 Å². The number of hydrogen-bond donors (Lipinski definition) is 2. The second kappa shape index (κ2) is 4.80. The van der Waals surface area contributed by atoms with Gasteiger partial charge in [-0.25, -0.2) is 9.97 Å². The van der Waals surface area contributed by atoms with Gasteiger partial charge in [0.25, 0.3) is 0 Å². The first-order valence-electron chi connectivity index (χ1n) is 5.90. The number of hydrogen-bond acceptors (Lipinski definition) is 4. The SMILES string of the molecule is OB(O)c1ccc(-c2ccc3cncnc3c2)cc1. The molecule has 0 aliphatic rings. The third-order valence-corrected chi connectivity index (χ3v) is 3.05. The van der Waals surface area contributed by atoms with Crippen LogP contribution in [-0.2, 0) is 0 Å². The monoisotopic (exact) mass is 250 g/mol. The van der Waals surface area contributed by atoms with E-state index in [2.05, 4.69) is 9.97 Å². The molecule has 0 unspecified atom stereocenters. The van der Waals surface area contributed by atoms with Gasteiger partial charge in [-0.3, -0.25) is 0 Å². The Morgan fingerprint density at radius 3 is 2.37 bits per heavy atom. The molecule has 1 heterocycles. The molecule has 0 saturated heterocycles. The Hall–Kier alpha value is -2.24. The van der Waals surface area contributed by atoms with E-state index in [1.54, 1.807) is 18.3 Å². The molecule has 0 saturated carbocycles. The summed E-state index contributed by atoms with van der Waals surface area (Å²) >= 11 is 0. The Kier molecular flexibility index (Phi) is 2.99. The van der Waals surface area contributed by atoms with Gasteiger partial charge in [-0.2, -0.15) is 0 Å². The first kappa shape index (κ1) is 11.8.